The molecule has 1 aromatic carbocycles. The molecular formula is C14H20ClN. The normalized spacial score (nSPS) is 11.9. The summed E-state index contributed by atoms with van der Waals surface area (Å²) in [6, 6.07) is 6.01. The summed E-state index contributed by atoms with van der Waals surface area (Å²) in [5, 5.41) is 4.19. The number of rotatable bonds is 5. The highest BCUT2D eigenvalue weighted by atomic mass is 35.5. The van der Waals surface area contributed by atoms with Crippen LogP contribution in [0.3, 0.4) is 0 Å². The van der Waals surface area contributed by atoms with Gasteiger partial charge in [-0.1, -0.05) is 36.2 Å². The van der Waals surface area contributed by atoms with Crippen LogP contribution < -0.4 is 5.32 Å². The van der Waals surface area contributed by atoms with Gasteiger partial charge in [0, 0.05) is 11.6 Å². The van der Waals surface area contributed by atoms with Crippen molar-refractivity contribution >= 4 is 17.7 Å². The van der Waals surface area contributed by atoms with Gasteiger partial charge in [0.05, 0.1) is 0 Å². The number of halogens is 1. The zero-order valence-corrected chi connectivity index (χ0v) is 11.1. The van der Waals surface area contributed by atoms with E-state index in [1.54, 1.807) is 0 Å². The molecule has 1 nitrogen and oxygen atoms in total. The van der Waals surface area contributed by atoms with Crippen LogP contribution in [0, 0.1) is 6.92 Å². The van der Waals surface area contributed by atoms with Crippen molar-refractivity contribution in [3.8, 4) is 0 Å². The zero-order valence-electron chi connectivity index (χ0n) is 10.3. The van der Waals surface area contributed by atoms with E-state index >= 15 is 0 Å². The lowest BCUT2D eigenvalue weighted by molar-refractivity contribution is 0.715. The maximum atomic E-state index is 5.92. The molecule has 0 aromatic heterocycles. The second kappa shape index (κ2) is 6.72. The van der Waals surface area contributed by atoms with Crippen molar-refractivity contribution in [1.82, 2.24) is 5.32 Å². The highest BCUT2D eigenvalue weighted by molar-refractivity contribution is 6.30. The summed E-state index contributed by atoms with van der Waals surface area (Å²) < 4.78 is 0. The smallest absolute Gasteiger partial charge is 0.0409 e. The fourth-order valence-electron chi connectivity index (χ4n) is 1.58. The first-order valence-electron chi connectivity index (χ1n) is 5.77. The van der Waals surface area contributed by atoms with Crippen LogP contribution in [0.15, 0.2) is 23.8 Å². The lowest BCUT2D eigenvalue weighted by Crippen LogP contribution is -2.16. The van der Waals surface area contributed by atoms with Crippen molar-refractivity contribution < 1.29 is 0 Å². The quantitative estimate of drug-likeness (QED) is 0.762. The van der Waals surface area contributed by atoms with Gasteiger partial charge in [0.25, 0.3) is 0 Å². The van der Waals surface area contributed by atoms with Crippen molar-refractivity contribution in [2.24, 2.45) is 0 Å². The highest BCUT2D eigenvalue weighted by Crippen LogP contribution is 2.17. The average Bonchev–Trinajstić information content (AvgIpc) is 2.23. The average molecular weight is 238 g/mol. The molecule has 0 amide bonds. The number of nitrogens with one attached hydrogen (secondary N) is 1. The predicted molar refractivity (Wildman–Crippen MR) is 73.0 cm³/mol. The standard InChI is InChI=1S/C14H20ClN/c1-4-7-16-10-11(2)8-13-5-6-14(15)9-12(13)3/h5-6,8-9,16H,4,7,10H2,1-3H3/b11-8+. The van der Waals surface area contributed by atoms with Crippen LogP contribution in [0.1, 0.15) is 31.4 Å². The fourth-order valence-corrected chi connectivity index (χ4v) is 1.81. The third-order valence-electron chi connectivity index (χ3n) is 2.46. The van der Waals surface area contributed by atoms with Gasteiger partial charge in [-0.3, -0.25) is 0 Å². The predicted octanol–water partition coefficient (Wildman–Crippen LogP) is 4.05. The molecule has 0 fully saturated rings. The van der Waals surface area contributed by atoms with Crippen LogP contribution in [-0.2, 0) is 0 Å². The molecule has 0 atom stereocenters. The molecule has 0 bridgehead atoms. The van der Waals surface area contributed by atoms with E-state index < -0.39 is 0 Å². The van der Waals surface area contributed by atoms with Gasteiger partial charge in [0.1, 0.15) is 0 Å². The van der Waals surface area contributed by atoms with Crippen LogP contribution in [0.4, 0.5) is 0 Å². The third-order valence-corrected chi connectivity index (χ3v) is 2.70. The van der Waals surface area contributed by atoms with E-state index in [-0.39, 0.29) is 0 Å². The topological polar surface area (TPSA) is 12.0 Å². The Kier molecular flexibility index (Phi) is 5.58. The molecule has 1 rings (SSSR count). The minimum atomic E-state index is 0.802. The third kappa shape index (κ3) is 4.38. The monoisotopic (exact) mass is 237 g/mol. The molecule has 0 aliphatic heterocycles. The Bertz CT molecular complexity index is 369. The van der Waals surface area contributed by atoms with Crippen LogP contribution in [-0.4, -0.2) is 13.1 Å². The first-order valence-corrected chi connectivity index (χ1v) is 6.15. The van der Waals surface area contributed by atoms with E-state index in [0.717, 1.165) is 18.1 Å². The Morgan fingerprint density at radius 1 is 1.44 bits per heavy atom. The molecule has 0 aliphatic carbocycles. The largest absolute Gasteiger partial charge is 0.313 e. The van der Waals surface area contributed by atoms with Gasteiger partial charge in [0.2, 0.25) is 0 Å². The SMILES string of the molecule is CCCNC/C(C)=C/c1ccc(Cl)cc1C. The molecule has 0 aliphatic rings. The summed E-state index contributed by atoms with van der Waals surface area (Å²) in [7, 11) is 0. The molecule has 0 radical (unpaired) electrons. The maximum absolute atomic E-state index is 5.92. The van der Waals surface area contributed by atoms with Gasteiger partial charge in [-0.05, 0) is 50.1 Å². The summed E-state index contributed by atoms with van der Waals surface area (Å²) in [5.74, 6) is 0. The Morgan fingerprint density at radius 3 is 2.81 bits per heavy atom. The van der Waals surface area contributed by atoms with E-state index in [9.17, 15) is 0 Å². The van der Waals surface area contributed by atoms with Gasteiger partial charge in [0.15, 0.2) is 0 Å². The van der Waals surface area contributed by atoms with Crippen LogP contribution in [0.2, 0.25) is 5.02 Å². The summed E-state index contributed by atoms with van der Waals surface area (Å²) in [6.45, 7) is 8.44. The van der Waals surface area contributed by atoms with E-state index in [1.807, 2.05) is 12.1 Å². The Morgan fingerprint density at radius 2 is 2.19 bits per heavy atom. The lowest BCUT2D eigenvalue weighted by atomic mass is 10.1. The maximum Gasteiger partial charge on any atom is 0.0409 e. The van der Waals surface area contributed by atoms with E-state index in [2.05, 4.69) is 38.2 Å². The first-order chi connectivity index (χ1) is 7.63. The molecule has 1 N–H and O–H groups in total. The summed E-state index contributed by atoms with van der Waals surface area (Å²) in [6.07, 6.45) is 3.39. The van der Waals surface area contributed by atoms with Crippen molar-refractivity contribution in [1.29, 1.82) is 0 Å². The van der Waals surface area contributed by atoms with Gasteiger partial charge in [-0.2, -0.15) is 0 Å². The van der Waals surface area contributed by atoms with Crippen molar-refractivity contribution in [2.75, 3.05) is 13.1 Å². The van der Waals surface area contributed by atoms with Crippen molar-refractivity contribution in [2.45, 2.75) is 27.2 Å². The summed E-state index contributed by atoms with van der Waals surface area (Å²) in [5.41, 5.74) is 3.82. The van der Waals surface area contributed by atoms with Gasteiger partial charge < -0.3 is 5.32 Å². The van der Waals surface area contributed by atoms with Gasteiger partial charge >= 0.3 is 0 Å². The molecule has 1 aromatic rings. The van der Waals surface area contributed by atoms with Crippen LogP contribution in [0.25, 0.3) is 6.08 Å². The highest BCUT2D eigenvalue weighted by Gasteiger charge is 1.97. The van der Waals surface area contributed by atoms with E-state index in [4.69, 9.17) is 11.6 Å². The number of benzene rings is 1. The molecular weight excluding hydrogens is 218 g/mol. The number of hydrogen-bond donors (Lipinski definition) is 1. The molecule has 0 saturated carbocycles. The molecule has 2 heteroatoms. The summed E-state index contributed by atoms with van der Waals surface area (Å²) in [4.78, 5) is 0. The van der Waals surface area contributed by atoms with Crippen molar-refractivity contribution in [3.05, 3.63) is 39.9 Å². The molecule has 0 heterocycles. The molecule has 16 heavy (non-hydrogen) atoms. The van der Waals surface area contributed by atoms with Crippen molar-refractivity contribution in [3.63, 3.8) is 0 Å². The van der Waals surface area contributed by atoms with Crippen LogP contribution in [0.5, 0.6) is 0 Å². The number of aryl methyl sites for hydroxylation is 1. The van der Waals surface area contributed by atoms with Crippen LogP contribution >= 0.6 is 11.6 Å². The molecule has 0 saturated heterocycles. The molecule has 0 unspecified atom stereocenters. The van der Waals surface area contributed by atoms with E-state index in [1.165, 1.54) is 23.1 Å². The Balaban J connectivity index is 2.66. The molecule has 88 valence electrons. The second-order valence-corrected chi connectivity index (χ2v) is 4.60. The van der Waals surface area contributed by atoms with E-state index in [0.29, 0.717) is 0 Å². The number of hydrogen-bond acceptors (Lipinski definition) is 1. The Hall–Kier alpha value is -0.790. The minimum Gasteiger partial charge on any atom is -0.313 e. The molecule has 0 spiro atoms. The van der Waals surface area contributed by atoms with Gasteiger partial charge in [-0.15, -0.1) is 0 Å². The first kappa shape index (κ1) is 13.3. The van der Waals surface area contributed by atoms with Gasteiger partial charge in [-0.25, -0.2) is 0 Å². The summed E-state index contributed by atoms with van der Waals surface area (Å²) >= 11 is 5.92. The fraction of sp³-hybridized carbons (Fsp3) is 0.429. The zero-order chi connectivity index (χ0) is 12.0. The lowest BCUT2D eigenvalue weighted by Gasteiger charge is -2.05. The minimum absolute atomic E-state index is 0.802. The second-order valence-electron chi connectivity index (χ2n) is 4.17. The Labute approximate surface area is 104 Å².